The van der Waals surface area contributed by atoms with Gasteiger partial charge in [0, 0.05) is 11.9 Å². The van der Waals surface area contributed by atoms with Gasteiger partial charge < -0.3 is 10.6 Å². The first-order valence-electron chi connectivity index (χ1n) is 4.63. The first-order chi connectivity index (χ1) is 7.78. The first-order valence-corrected chi connectivity index (χ1v) is 5.89. The molecule has 0 aromatic carbocycles. The summed E-state index contributed by atoms with van der Waals surface area (Å²) in [7, 11) is 1.73. The number of rotatable bonds is 4. The van der Waals surface area contributed by atoms with Crippen molar-refractivity contribution in [3.63, 3.8) is 0 Å². The van der Waals surface area contributed by atoms with E-state index in [0.717, 1.165) is 0 Å². The minimum absolute atomic E-state index is 0.174. The SMILES string of the molecule is CNc1nc(Cl)nc(NCc2cccs2)n1. The highest BCUT2D eigenvalue weighted by Gasteiger charge is 2.03. The summed E-state index contributed by atoms with van der Waals surface area (Å²) in [5.41, 5.74) is 0. The summed E-state index contributed by atoms with van der Waals surface area (Å²) in [6, 6.07) is 4.04. The topological polar surface area (TPSA) is 62.7 Å². The molecule has 0 unspecified atom stereocenters. The zero-order valence-electron chi connectivity index (χ0n) is 8.57. The normalized spacial score (nSPS) is 10.1. The zero-order chi connectivity index (χ0) is 11.4. The van der Waals surface area contributed by atoms with Crippen LogP contribution in [0.3, 0.4) is 0 Å². The number of hydrogen-bond acceptors (Lipinski definition) is 6. The Morgan fingerprint density at radius 2 is 2.12 bits per heavy atom. The van der Waals surface area contributed by atoms with Crippen LogP contribution in [-0.2, 0) is 6.54 Å². The number of halogens is 1. The molecular weight excluding hydrogens is 246 g/mol. The molecule has 0 aliphatic carbocycles. The molecule has 2 rings (SSSR count). The molecule has 5 nitrogen and oxygen atoms in total. The van der Waals surface area contributed by atoms with Crippen LogP contribution in [-0.4, -0.2) is 22.0 Å². The van der Waals surface area contributed by atoms with E-state index in [2.05, 4.69) is 25.6 Å². The number of nitrogens with zero attached hydrogens (tertiary/aromatic N) is 3. The van der Waals surface area contributed by atoms with Crippen LogP contribution in [0.4, 0.5) is 11.9 Å². The van der Waals surface area contributed by atoms with Gasteiger partial charge in [-0.3, -0.25) is 0 Å². The van der Waals surface area contributed by atoms with Crippen LogP contribution < -0.4 is 10.6 Å². The summed E-state index contributed by atoms with van der Waals surface area (Å²) >= 11 is 7.42. The maximum atomic E-state index is 5.75. The lowest BCUT2D eigenvalue weighted by molar-refractivity contribution is 1.01. The Kier molecular flexibility index (Phi) is 3.53. The van der Waals surface area contributed by atoms with Crippen LogP contribution >= 0.6 is 22.9 Å². The molecule has 7 heteroatoms. The predicted octanol–water partition coefficient (Wildman–Crippen LogP) is 2.24. The molecule has 16 heavy (non-hydrogen) atoms. The molecule has 0 fully saturated rings. The van der Waals surface area contributed by atoms with E-state index in [1.807, 2.05) is 17.5 Å². The van der Waals surface area contributed by atoms with Crippen molar-refractivity contribution in [3.05, 3.63) is 27.7 Å². The monoisotopic (exact) mass is 255 g/mol. The molecule has 2 N–H and O–H groups in total. The van der Waals surface area contributed by atoms with Crippen molar-refractivity contribution in [1.29, 1.82) is 0 Å². The predicted molar refractivity (Wildman–Crippen MR) is 66.0 cm³/mol. The second-order valence-corrected chi connectivity index (χ2v) is 4.30. The van der Waals surface area contributed by atoms with Crippen LogP contribution in [0.2, 0.25) is 5.28 Å². The maximum Gasteiger partial charge on any atom is 0.229 e. The van der Waals surface area contributed by atoms with E-state index in [-0.39, 0.29) is 5.28 Å². The van der Waals surface area contributed by atoms with Crippen LogP contribution in [0, 0.1) is 0 Å². The molecular formula is C9H10ClN5S. The Morgan fingerprint density at radius 3 is 2.81 bits per heavy atom. The Morgan fingerprint density at radius 1 is 1.31 bits per heavy atom. The lowest BCUT2D eigenvalue weighted by atomic mass is 10.5. The molecule has 0 bridgehead atoms. The van der Waals surface area contributed by atoms with Gasteiger partial charge in [0.2, 0.25) is 17.2 Å². The smallest absolute Gasteiger partial charge is 0.229 e. The largest absolute Gasteiger partial charge is 0.357 e. The summed E-state index contributed by atoms with van der Waals surface area (Å²) < 4.78 is 0. The highest BCUT2D eigenvalue weighted by molar-refractivity contribution is 7.09. The second-order valence-electron chi connectivity index (χ2n) is 2.93. The van der Waals surface area contributed by atoms with Gasteiger partial charge in [0.15, 0.2) is 0 Å². The van der Waals surface area contributed by atoms with E-state index in [1.165, 1.54) is 4.88 Å². The van der Waals surface area contributed by atoms with Crippen molar-refractivity contribution in [3.8, 4) is 0 Å². The van der Waals surface area contributed by atoms with Crippen molar-refractivity contribution in [2.45, 2.75) is 6.54 Å². The van der Waals surface area contributed by atoms with Gasteiger partial charge >= 0.3 is 0 Å². The fourth-order valence-electron chi connectivity index (χ4n) is 1.12. The minimum atomic E-state index is 0.174. The molecule has 0 saturated heterocycles. The van der Waals surface area contributed by atoms with Gasteiger partial charge in [-0.1, -0.05) is 6.07 Å². The first kappa shape index (κ1) is 11.1. The van der Waals surface area contributed by atoms with E-state index < -0.39 is 0 Å². The summed E-state index contributed by atoms with van der Waals surface area (Å²) in [4.78, 5) is 13.2. The number of nitrogens with one attached hydrogen (secondary N) is 2. The van der Waals surface area contributed by atoms with Gasteiger partial charge in [0.05, 0.1) is 6.54 Å². The lowest BCUT2D eigenvalue weighted by Gasteiger charge is -2.04. The van der Waals surface area contributed by atoms with Crippen LogP contribution in [0.25, 0.3) is 0 Å². The Balaban J connectivity index is 2.06. The fourth-order valence-corrected chi connectivity index (χ4v) is 1.92. The van der Waals surface area contributed by atoms with E-state index in [4.69, 9.17) is 11.6 Å². The van der Waals surface area contributed by atoms with Crippen molar-refractivity contribution >= 4 is 34.8 Å². The highest BCUT2D eigenvalue weighted by atomic mass is 35.5. The van der Waals surface area contributed by atoms with E-state index >= 15 is 0 Å². The summed E-state index contributed by atoms with van der Waals surface area (Å²) in [6.45, 7) is 0.682. The molecule has 2 aromatic rings. The third-order valence-electron chi connectivity index (χ3n) is 1.83. The summed E-state index contributed by atoms with van der Waals surface area (Å²) in [6.07, 6.45) is 0. The summed E-state index contributed by atoms with van der Waals surface area (Å²) in [5, 5.41) is 8.10. The zero-order valence-corrected chi connectivity index (χ0v) is 10.1. The molecule has 0 radical (unpaired) electrons. The Hall–Kier alpha value is -1.40. The van der Waals surface area contributed by atoms with Crippen molar-refractivity contribution in [1.82, 2.24) is 15.0 Å². The molecule has 2 heterocycles. The van der Waals surface area contributed by atoms with Crippen molar-refractivity contribution in [2.75, 3.05) is 17.7 Å². The van der Waals surface area contributed by atoms with Gasteiger partial charge in [-0.05, 0) is 23.0 Å². The van der Waals surface area contributed by atoms with Crippen LogP contribution in [0.1, 0.15) is 4.88 Å². The van der Waals surface area contributed by atoms with E-state index in [9.17, 15) is 0 Å². The third-order valence-corrected chi connectivity index (χ3v) is 2.88. The second kappa shape index (κ2) is 5.09. The van der Waals surface area contributed by atoms with Gasteiger partial charge in [0.25, 0.3) is 0 Å². The molecule has 84 valence electrons. The van der Waals surface area contributed by atoms with Crippen molar-refractivity contribution < 1.29 is 0 Å². The highest BCUT2D eigenvalue weighted by Crippen LogP contribution is 2.12. The molecule has 2 aromatic heterocycles. The number of thiophene rings is 1. The van der Waals surface area contributed by atoms with Crippen molar-refractivity contribution in [2.24, 2.45) is 0 Å². The molecule has 0 aliphatic rings. The molecule has 0 aliphatic heterocycles. The Labute approximate surface area is 102 Å². The average molecular weight is 256 g/mol. The Bertz CT molecular complexity index is 459. The van der Waals surface area contributed by atoms with Gasteiger partial charge in [0.1, 0.15) is 0 Å². The molecule has 0 spiro atoms. The molecule has 0 saturated carbocycles. The number of anilines is 2. The summed E-state index contributed by atoms with van der Waals surface area (Å²) in [5.74, 6) is 0.923. The average Bonchev–Trinajstić information content (AvgIpc) is 2.78. The molecule has 0 atom stereocenters. The fraction of sp³-hybridized carbons (Fsp3) is 0.222. The van der Waals surface area contributed by atoms with E-state index in [1.54, 1.807) is 18.4 Å². The number of hydrogen-bond donors (Lipinski definition) is 2. The van der Waals surface area contributed by atoms with Crippen LogP contribution in [0.5, 0.6) is 0 Å². The minimum Gasteiger partial charge on any atom is -0.357 e. The quantitative estimate of drug-likeness (QED) is 0.877. The molecule has 0 amide bonds. The number of aromatic nitrogens is 3. The standard InChI is InChI=1S/C9H10ClN5S/c1-11-8-13-7(10)14-9(15-8)12-5-6-3-2-4-16-6/h2-4H,5H2,1H3,(H2,11,12,13,14,15). The lowest BCUT2D eigenvalue weighted by Crippen LogP contribution is -2.06. The van der Waals surface area contributed by atoms with Gasteiger partial charge in [-0.2, -0.15) is 15.0 Å². The van der Waals surface area contributed by atoms with Gasteiger partial charge in [-0.25, -0.2) is 0 Å². The third kappa shape index (κ3) is 2.80. The van der Waals surface area contributed by atoms with Gasteiger partial charge in [-0.15, -0.1) is 11.3 Å². The maximum absolute atomic E-state index is 5.75. The van der Waals surface area contributed by atoms with Crippen LogP contribution in [0.15, 0.2) is 17.5 Å². The van der Waals surface area contributed by atoms with E-state index in [0.29, 0.717) is 18.4 Å².